The summed E-state index contributed by atoms with van der Waals surface area (Å²) < 4.78 is 15.2. The van der Waals surface area contributed by atoms with Gasteiger partial charge in [-0.3, -0.25) is 4.79 Å². The standard InChI is InChI=1S/C29H32N4O3S/c1-35-19-18-33(29-30-26(32-37-29)21-22-10-9-15-25(20-22)36-2)17-16-27(34)31-28(23-11-5-3-6-12-23)24-13-7-4-8-14-24/h3-15,20,28H,16-19,21H2,1-2H3,(H,31,34). The fourth-order valence-electron chi connectivity index (χ4n) is 4.03. The summed E-state index contributed by atoms with van der Waals surface area (Å²) in [6.45, 7) is 1.67. The molecule has 0 bridgehead atoms. The summed E-state index contributed by atoms with van der Waals surface area (Å²) in [6.07, 6.45) is 0.937. The first-order valence-electron chi connectivity index (χ1n) is 12.2. The van der Waals surface area contributed by atoms with Gasteiger partial charge in [-0.25, -0.2) is 4.98 Å². The van der Waals surface area contributed by atoms with Crippen LogP contribution < -0.4 is 15.0 Å². The van der Waals surface area contributed by atoms with Crippen LogP contribution in [0.4, 0.5) is 5.13 Å². The average molecular weight is 517 g/mol. The van der Waals surface area contributed by atoms with E-state index < -0.39 is 0 Å². The molecule has 192 valence electrons. The lowest BCUT2D eigenvalue weighted by Gasteiger charge is -2.23. The number of hydrogen-bond acceptors (Lipinski definition) is 7. The third-order valence-electron chi connectivity index (χ3n) is 5.97. The van der Waals surface area contributed by atoms with Gasteiger partial charge in [-0.15, -0.1) is 0 Å². The maximum atomic E-state index is 13.1. The van der Waals surface area contributed by atoms with Crippen molar-refractivity contribution < 1.29 is 14.3 Å². The van der Waals surface area contributed by atoms with Gasteiger partial charge in [0.2, 0.25) is 11.0 Å². The van der Waals surface area contributed by atoms with Crippen molar-refractivity contribution >= 4 is 22.6 Å². The van der Waals surface area contributed by atoms with Crippen molar-refractivity contribution in [2.45, 2.75) is 18.9 Å². The molecule has 0 radical (unpaired) electrons. The van der Waals surface area contributed by atoms with Gasteiger partial charge in [-0.05, 0) is 28.8 Å². The number of carbonyl (C=O) groups is 1. The lowest BCUT2D eigenvalue weighted by molar-refractivity contribution is -0.121. The summed E-state index contributed by atoms with van der Waals surface area (Å²) in [7, 11) is 3.33. The molecule has 3 aromatic carbocycles. The van der Waals surface area contributed by atoms with E-state index in [1.807, 2.05) is 84.9 Å². The summed E-state index contributed by atoms with van der Waals surface area (Å²) in [5, 5.41) is 4.00. The van der Waals surface area contributed by atoms with E-state index >= 15 is 0 Å². The first-order chi connectivity index (χ1) is 18.2. The molecule has 0 fully saturated rings. The van der Waals surface area contributed by atoms with Crippen molar-refractivity contribution in [3.8, 4) is 5.75 Å². The Balaban J connectivity index is 1.42. The van der Waals surface area contributed by atoms with E-state index in [0.29, 0.717) is 32.5 Å². The van der Waals surface area contributed by atoms with Crippen LogP contribution >= 0.6 is 11.5 Å². The van der Waals surface area contributed by atoms with Gasteiger partial charge in [0.1, 0.15) is 11.6 Å². The van der Waals surface area contributed by atoms with Gasteiger partial charge >= 0.3 is 0 Å². The topological polar surface area (TPSA) is 76.6 Å². The highest BCUT2D eigenvalue weighted by molar-refractivity contribution is 7.09. The lowest BCUT2D eigenvalue weighted by Crippen LogP contribution is -2.34. The molecule has 0 unspecified atom stereocenters. The normalized spacial score (nSPS) is 10.9. The minimum atomic E-state index is -0.210. The zero-order valence-electron chi connectivity index (χ0n) is 21.2. The number of methoxy groups -OCH3 is 2. The summed E-state index contributed by atoms with van der Waals surface area (Å²) >= 11 is 1.34. The molecule has 1 N–H and O–H groups in total. The summed E-state index contributed by atoms with van der Waals surface area (Å²) in [4.78, 5) is 19.9. The molecule has 8 heteroatoms. The van der Waals surface area contributed by atoms with Crippen LogP contribution in [0.1, 0.15) is 35.0 Å². The minimum absolute atomic E-state index is 0.0266. The van der Waals surface area contributed by atoms with Gasteiger partial charge in [-0.2, -0.15) is 4.37 Å². The molecule has 0 aliphatic carbocycles. The second-order valence-electron chi connectivity index (χ2n) is 8.57. The zero-order chi connectivity index (χ0) is 25.9. The minimum Gasteiger partial charge on any atom is -0.497 e. The van der Waals surface area contributed by atoms with E-state index in [4.69, 9.17) is 14.5 Å². The highest BCUT2D eigenvalue weighted by atomic mass is 32.1. The number of anilines is 1. The molecule has 1 amide bonds. The molecule has 4 aromatic rings. The number of rotatable bonds is 13. The smallest absolute Gasteiger partial charge is 0.222 e. The Morgan fingerprint density at radius 1 is 0.946 bits per heavy atom. The Morgan fingerprint density at radius 3 is 2.30 bits per heavy atom. The number of ether oxygens (including phenoxy) is 2. The van der Waals surface area contributed by atoms with Crippen LogP contribution in [0.25, 0.3) is 0 Å². The van der Waals surface area contributed by atoms with Crippen LogP contribution in [0.5, 0.6) is 5.75 Å². The molecular formula is C29H32N4O3S. The quantitative estimate of drug-likeness (QED) is 0.273. The van der Waals surface area contributed by atoms with Gasteiger partial charge in [0.25, 0.3) is 0 Å². The zero-order valence-corrected chi connectivity index (χ0v) is 22.0. The largest absolute Gasteiger partial charge is 0.497 e. The molecule has 37 heavy (non-hydrogen) atoms. The Labute approximate surface area is 222 Å². The maximum absolute atomic E-state index is 13.1. The highest BCUT2D eigenvalue weighted by Crippen LogP contribution is 2.23. The van der Waals surface area contributed by atoms with Crippen LogP contribution in [0, 0.1) is 0 Å². The van der Waals surface area contributed by atoms with Crippen molar-refractivity contribution in [1.29, 1.82) is 0 Å². The summed E-state index contributed by atoms with van der Waals surface area (Å²) in [5.74, 6) is 1.53. The molecule has 0 saturated heterocycles. The fraction of sp³-hybridized carbons (Fsp3) is 0.276. The molecule has 0 atom stereocenters. The van der Waals surface area contributed by atoms with Crippen LogP contribution in [0.3, 0.4) is 0 Å². The van der Waals surface area contributed by atoms with Crippen LogP contribution in [-0.4, -0.2) is 49.2 Å². The Hall–Kier alpha value is -3.75. The fourth-order valence-corrected chi connectivity index (χ4v) is 4.77. The van der Waals surface area contributed by atoms with Gasteiger partial charge in [0.15, 0.2) is 0 Å². The first-order valence-corrected chi connectivity index (χ1v) is 13.0. The van der Waals surface area contributed by atoms with E-state index in [1.165, 1.54) is 11.5 Å². The van der Waals surface area contributed by atoms with Crippen molar-refractivity contribution in [1.82, 2.24) is 14.7 Å². The number of nitrogens with zero attached hydrogens (tertiary/aromatic N) is 3. The molecule has 4 rings (SSSR count). The molecule has 0 aliphatic rings. The van der Waals surface area contributed by atoms with Crippen LogP contribution in [-0.2, 0) is 16.0 Å². The van der Waals surface area contributed by atoms with Gasteiger partial charge in [0.05, 0.1) is 19.8 Å². The van der Waals surface area contributed by atoms with Crippen molar-refractivity contribution in [3.63, 3.8) is 0 Å². The van der Waals surface area contributed by atoms with Crippen molar-refractivity contribution in [2.75, 3.05) is 38.8 Å². The van der Waals surface area contributed by atoms with Crippen molar-refractivity contribution in [2.24, 2.45) is 0 Å². The molecule has 0 spiro atoms. The van der Waals surface area contributed by atoms with Gasteiger partial charge < -0.3 is 19.7 Å². The van der Waals surface area contributed by atoms with E-state index in [2.05, 4.69) is 14.6 Å². The predicted molar refractivity (Wildman–Crippen MR) is 147 cm³/mol. The maximum Gasteiger partial charge on any atom is 0.222 e. The second kappa shape index (κ2) is 13.5. The average Bonchev–Trinajstić information content (AvgIpc) is 3.41. The molecular weight excluding hydrogens is 484 g/mol. The van der Waals surface area contributed by atoms with E-state index in [9.17, 15) is 4.79 Å². The summed E-state index contributed by atoms with van der Waals surface area (Å²) in [5.41, 5.74) is 3.17. The number of hydrogen-bond donors (Lipinski definition) is 1. The third kappa shape index (κ3) is 7.62. The molecule has 1 heterocycles. The van der Waals surface area contributed by atoms with Crippen molar-refractivity contribution in [3.05, 3.63) is 107 Å². The van der Waals surface area contributed by atoms with E-state index in [-0.39, 0.29) is 11.9 Å². The van der Waals surface area contributed by atoms with Gasteiger partial charge in [0, 0.05) is 44.6 Å². The lowest BCUT2D eigenvalue weighted by atomic mass is 9.98. The number of carbonyl (C=O) groups excluding carboxylic acids is 1. The number of benzene rings is 3. The molecule has 0 saturated carbocycles. The Morgan fingerprint density at radius 2 is 1.65 bits per heavy atom. The van der Waals surface area contributed by atoms with Crippen LogP contribution in [0.2, 0.25) is 0 Å². The van der Waals surface area contributed by atoms with E-state index in [1.54, 1.807) is 14.2 Å². The number of amides is 1. The Bertz CT molecular complexity index is 1210. The molecule has 1 aromatic heterocycles. The summed E-state index contributed by atoms with van der Waals surface area (Å²) in [6, 6.07) is 27.7. The Kier molecular flexibility index (Phi) is 9.62. The van der Waals surface area contributed by atoms with Gasteiger partial charge in [-0.1, -0.05) is 72.8 Å². The monoisotopic (exact) mass is 516 g/mol. The molecule has 7 nitrogen and oxygen atoms in total. The number of nitrogens with one attached hydrogen (secondary N) is 1. The highest BCUT2D eigenvalue weighted by Gasteiger charge is 2.19. The van der Waals surface area contributed by atoms with E-state index in [0.717, 1.165) is 33.4 Å². The second-order valence-corrected chi connectivity index (χ2v) is 9.30. The first kappa shape index (κ1) is 26.3. The SMILES string of the molecule is COCCN(CCC(=O)NC(c1ccccc1)c1ccccc1)c1nc(Cc2cccc(OC)c2)ns1. The molecule has 0 aliphatic heterocycles. The van der Waals surface area contributed by atoms with Crippen LogP contribution in [0.15, 0.2) is 84.9 Å². The third-order valence-corrected chi connectivity index (χ3v) is 6.78. The predicted octanol–water partition coefficient (Wildman–Crippen LogP) is 4.89. The number of aromatic nitrogens is 2.